The number of carbonyl (C=O) groups is 1. The molecule has 0 saturated carbocycles. The summed E-state index contributed by atoms with van der Waals surface area (Å²) in [6.45, 7) is 1.12. The summed E-state index contributed by atoms with van der Waals surface area (Å²) in [7, 11) is -4.14. The molecule has 0 aliphatic rings. The minimum absolute atomic E-state index is 0.476. The molecule has 140 valence electrons. The minimum Gasteiger partial charge on any atom is -0.325 e. The number of anilines is 1. The van der Waals surface area contributed by atoms with Crippen molar-refractivity contribution < 1.29 is 17.6 Å². The summed E-state index contributed by atoms with van der Waals surface area (Å²) in [5.74, 6) is -1.45. The van der Waals surface area contributed by atoms with Gasteiger partial charge in [-0.05, 0) is 48.9 Å². The fourth-order valence-corrected chi connectivity index (χ4v) is 3.35. The van der Waals surface area contributed by atoms with Gasteiger partial charge in [0.25, 0.3) is 0 Å². The fraction of sp³-hybridized carbons (Fsp3) is 0.118. The number of hydrogen-bond donors (Lipinski definition) is 2. The molecule has 0 aliphatic heterocycles. The molecule has 0 unspecified atom stereocenters. The standard InChI is InChI=1S/C17H16FN5O3S/c1-12-2-7-16(15(18)8-12)27(25,26)21-9-17(24)22-13-3-5-14(6-4-13)23-11-19-10-20-23/h2-8,10-11,21H,9H2,1H3,(H,22,24). The van der Waals surface area contributed by atoms with Crippen molar-refractivity contribution in [2.75, 3.05) is 11.9 Å². The Kier molecular flexibility index (Phi) is 5.28. The van der Waals surface area contributed by atoms with E-state index in [9.17, 15) is 17.6 Å². The van der Waals surface area contributed by atoms with Crippen LogP contribution in [0.1, 0.15) is 5.56 Å². The predicted molar refractivity (Wildman–Crippen MR) is 96.3 cm³/mol. The number of carbonyl (C=O) groups excluding carboxylic acids is 1. The summed E-state index contributed by atoms with van der Waals surface area (Å²) >= 11 is 0. The smallest absolute Gasteiger partial charge is 0.243 e. The Balaban J connectivity index is 1.60. The second-order valence-electron chi connectivity index (χ2n) is 5.69. The van der Waals surface area contributed by atoms with Crippen molar-refractivity contribution in [3.05, 3.63) is 66.5 Å². The van der Waals surface area contributed by atoms with E-state index < -0.39 is 33.2 Å². The van der Waals surface area contributed by atoms with E-state index in [1.54, 1.807) is 35.9 Å². The van der Waals surface area contributed by atoms with E-state index in [-0.39, 0.29) is 0 Å². The predicted octanol–water partition coefficient (Wildman–Crippen LogP) is 1.63. The maximum atomic E-state index is 13.8. The minimum atomic E-state index is -4.14. The zero-order valence-corrected chi connectivity index (χ0v) is 15.1. The lowest BCUT2D eigenvalue weighted by Gasteiger charge is -2.09. The molecule has 3 rings (SSSR count). The highest BCUT2D eigenvalue weighted by molar-refractivity contribution is 7.89. The molecule has 0 saturated heterocycles. The normalized spacial score (nSPS) is 11.3. The van der Waals surface area contributed by atoms with E-state index in [4.69, 9.17) is 0 Å². The van der Waals surface area contributed by atoms with E-state index in [0.717, 1.165) is 17.8 Å². The number of hydrogen-bond acceptors (Lipinski definition) is 5. The number of aryl methyl sites for hydroxylation is 1. The highest BCUT2D eigenvalue weighted by atomic mass is 32.2. The van der Waals surface area contributed by atoms with Gasteiger partial charge < -0.3 is 5.32 Å². The van der Waals surface area contributed by atoms with Crippen LogP contribution in [0.4, 0.5) is 10.1 Å². The van der Waals surface area contributed by atoms with Gasteiger partial charge in [0.05, 0.1) is 12.2 Å². The first kappa shape index (κ1) is 18.7. The van der Waals surface area contributed by atoms with Crippen LogP contribution in [0.5, 0.6) is 0 Å². The maximum Gasteiger partial charge on any atom is 0.243 e. The monoisotopic (exact) mass is 389 g/mol. The van der Waals surface area contributed by atoms with E-state index in [1.165, 1.54) is 18.7 Å². The molecule has 3 aromatic rings. The van der Waals surface area contributed by atoms with Crippen LogP contribution in [-0.4, -0.2) is 35.6 Å². The van der Waals surface area contributed by atoms with Crippen LogP contribution >= 0.6 is 0 Å². The molecule has 8 nitrogen and oxygen atoms in total. The van der Waals surface area contributed by atoms with Crippen LogP contribution in [0.25, 0.3) is 5.69 Å². The van der Waals surface area contributed by atoms with Crippen molar-refractivity contribution in [2.24, 2.45) is 0 Å². The van der Waals surface area contributed by atoms with Crippen molar-refractivity contribution in [2.45, 2.75) is 11.8 Å². The first-order valence-corrected chi connectivity index (χ1v) is 9.34. The molecular weight excluding hydrogens is 373 g/mol. The molecule has 0 bridgehead atoms. The quantitative estimate of drug-likeness (QED) is 0.667. The number of sulfonamides is 1. The summed E-state index contributed by atoms with van der Waals surface area (Å²) in [6.07, 6.45) is 2.94. The Morgan fingerprint density at radius 3 is 2.56 bits per heavy atom. The van der Waals surface area contributed by atoms with Gasteiger partial charge in [0.15, 0.2) is 0 Å². The van der Waals surface area contributed by atoms with E-state index >= 15 is 0 Å². The van der Waals surface area contributed by atoms with E-state index in [0.29, 0.717) is 11.3 Å². The topological polar surface area (TPSA) is 106 Å². The number of benzene rings is 2. The average molecular weight is 389 g/mol. The second-order valence-corrected chi connectivity index (χ2v) is 7.43. The lowest BCUT2D eigenvalue weighted by Crippen LogP contribution is -2.33. The van der Waals surface area contributed by atoms with Crippen molar-refractivity contribution in [1.29, 1.82) is 0 Å². The average Bonchev–Trinajstić information content (AvgIpc) is 3.15. The van der Waals surface area contributed by atoms with Gasteiger partial charge in [-0.2, -0.15) is 5.10 Å². The van der Waals surface area contributed by atoms with Crippen molar-refractivity contribution in [1.82, 2.24) is 19.5 Å². The zero-order valence-electron chi connectivity index (χ0n) is 14.3. The molecule has 0 aliphatic carbocycles. The van der Waals surface area contributed by atoms with Crippen LogP contribution in [-0.2, 0) is 14.8 Å². The van der Waals surface area contributed by atoms with E-state index in [1.807, 2.05) is 0 Å². The summed E-state index contributed by atoms with van der Waals surface area (Å²) in [6, 6.07) is 10.5. The zero-order chi connectivity index (χ0) is 19.4. The molecule has 2 aromatic carbocycles. The van der Waals surface area contributed by atoms with Crippen LogP contribution in [0.2, 0.25) is 0 Å². The molecule has 0 fully saturated rings. The molecule has 27 heavy (non-hydrogen) atoms. The molecule has 1 amide bonds. The highest BCUT2D eigenvalue weighted by Crippen LogP contribution is 2.16. The van der Waals surface area contributed by atoms with Crippen molar-refractivity contribution in [3.63, 3.8) is 0 Å². The van der Waals surface area contributed by atoms with Gasteiger partial charge in [0, 0.05) is 5.69 Å². The van der Waals surface area contributed by atoms with Crippen LogP contribution < -0.4 is 10.0 Å². The van der Waals surface area contributed by atoms with Crippen molar-refractivity contribution >= 4 is 21.6 Å². The third kappa shape index (κ3) is 4.54. The molecule has 0 radical (unpaired) electrons. The summed E-state index contributed by atoms with van der Waals surface area (Å²) in [5.41, 5.74) is 1.82. The van der Waals surface area contributed by atoms with Gasteiger partial charge in [-0.25, -0.2) is 27.2 Å². The Morgan fingerprint density at radius 2 is 1.93 bits per heavy atom. The fourth-order valence-electron chi connectivity index (χ4n) is 2.31. The molecule has 0 atom stereocenters. The molecule has 10 heteroatoms. The lowest BCUT2D eigenvalue weighted by molar-refractivity contribution is -0.115. The largest absolute Gasteiger partial charge is 0.325 e. The van der Waals surface area contributed by atoms with Gasteiger partial charge in [-0.3, -0.25) is 4.79 Å². The highest BCUT2D eigenvalue weighted by Gasteiger charge is 2.19. The lowest BCUT2D eigenvalue weighted by atomic mass is 10.2. The molecule has 1 heterocycles. The van der Waals surface area contributed by atoms with Gasteiger partial charge in [0.1, 0.15) is 23.4 Å². The molecule has 1 aromatic heterocycles. The molecule has 0 spiro atoms. The first-order valence-electron chi connectivity index (χ1n) is 7.86. The Labute approximate surface area is 155 Å². The number of nitrogens with one attached hydrogen (secondary N) is 2. The number of rotatable bonds is 6. The Hall–Kier alpha value is -3.11. The van der Waals surface area contributed by atoms with Gasteiger partial charge in [-0.1, -0.05) is 6.07 Å². The van der Waals surface area contributed by atoms with Crippen LogP contribution in [0.3, 0.4) is 0 Å². The third-order valence-electron chi connectivity index (χ3n) is 3.63. The number of halogens is 1. The van der Waals surface area contributed by atoms with E-state index in [2.05, 4.69) is 20.1 Å². The summed E-state index contributed by atoms with van der Waals surface area (Å²) in [4.78, 5) is 15.3. The number of aromatic nitrogens is 3. The second kappa shape index (κ2) is 7.64. The molecular formula is C17H16FN5O3S. The SMILES string of the molecule is Cc1ccc(S(=O)(=O)NCC(=O)Nc2ccc(-n3cncn3)cc2)c(F)c1. The Bertz CT molecular complexity index is 1050. The van der Waals surface area contributed by atoms with Gasteiger partial charge in [-0.15, -0.1) is 0 Å². The Morgan fingerprint density at radius 1 is 1.19 bits per heavy atom. The number of nitrogens with zero attached hydrogens (tertiary/aromatic N) is 3. The third-order valence-corrected chi connectivity index (χ3v) is 5.07. The first-order chi connectivity index (χ1) is 12.8. The number of amides is 1. The summed E-state index contributed by atoms with van der Waals surface area (Å²) in [5, 5.41) is 6.54. The van der Waals surface area contributed by atoms with Gasteiger partial charge in [0.2, 0.25) is 15.9 Å². The molecule has 2 N–H and O–H groups in total. The maximum absolute atomic E-state index is 13.8. The van der Waals surface area contributed by atoms with Crippen molar-refractivity contribution in [3.8, 4) is 5.69 Å². The summed E-state index contributed by atoms with van der Waals surface area (Å²) < 4.78 is 41.8. The van der Waals surface area contributed by atoms with Crippen LogP contribution in [0.15, 0.2) is 60.0 Å². The van der Waals surface area contributed by atoms with Crippen LogP contribution in [0, 0.1) is 12.7 Å². The van der Waals surface area contributed by atoms with Gasteiger partial charge >= 0.3 is 0 Å².